The quantitative estimate of drug-likeness (QED) is 0.873. The van der Waals surface area contributed by atoms with Crippen LogP contribution >= 0.6 is 0 Å². The van der Waals surface area contributed by atoms with Crippen molar-refractivity contribution in [2.75, 3.05) is 12.4 Å². The number of rotatable bonds is 4. The molecule has 0 spiro atoms. The van der Waals surface area contributed by atoms with Crippen LogP contribution in [0.15, 0.2) is 42.6 Å². The summed E-state index contributed by atoms with van der Waals surface area (Å²) in [7, 11) is 1.86. The molecule has 0 aliphatic rings. The number of aromatic nitrogens is 1. The Kier molecular flexibility index (Phi) is 3.60. The molecule has 0 fully saturated rings. The molecule has 0 aliphatic heterocycles. The van der Waals surface area contributed by atoms with Crippen molar-refractivity contribution in [3.8, 4) is 5.75 Å². The van der Waals surface area contributed by atoms with Crippen LogP contribution in [0.3, 0.4) is 0 Å². The average Bonchev–Trinajstić information content (AvgIpc) is 2.38. The molecular weight excluding hydrogens is 212 g/mol. The van der Waals surface area contributed by atoms with E-state index in [2.05, 4.69) is 10.3 Å². The topological polar surface area (TPSA) is 34.2 Å². The first-order valence-corrected chi connectivity index (χ1v) is 5.61. The minimum atomic E-state index is 0.523. The number of hydrogen-bond donors (Lipinski definition) is 1. The highest BCUT2D eigenvalue weighted by molar-refractivity contribution is 5.43. The molecule has 3 nitrogen and oxygen atoms in total. The van der Waals surface area contributed by atoms with Gasteiger partial charge in [0, 0.05) is 18.8 Å². The van der Waals surface area contributed by atoms with Crippen LogP contribution in [-0.4, -0.2) is 12.0 Å². The number of para-hydroxylation sites is 1. The number of ether oxygens (including phenoxy) is 1. The van der Waals surface area contributed by atoms with Crippen LogP contribution in [0.5, 0.6) is 5.75 Å². The van der Waals surface area contributed by atoms with Crippen LogP contribution in [0.2, 0.25) is 0 Å². The highest BCUT2D eigenvalue weighted by Crippen LogP contribution is 2.19. The van der Waals surface area contributed by atoms with E-state index in [1.54, 1.807) is 6.20 Å². The molecule has 0 unspecified atom stereocenters. The molecule has 2 aromatic rings. The molecule has 0 saturated carbocycles. The maximum Gasteiger partial charge on any atom is 0.132 e. The van der Waals surface area contributed by atoms with Crippen molar-refractivity contribution in [2.24, 2.45) is 0 Å². The van der Waals surface area contributed by atoms with Crippen molar-refractivity contribution in [1.82, 2.24) is 4.98 Å². The Labute approximate surface area is 101 Å². The maximum absolute atomic E-state index is 5.79. The summed E-state index contributed by atoms with van der Waals surface area (Å²) < 4.78 is 5.79. The Balaban J connectivity index is 2.10. The third-order valence-corrected chi connectivity index (χ3v) is 2.60. The van der Waals surface area contributed by atoms with E-state index < -0.39 is 0 Å². The van der Waals surface area contributed by atoms with E-state index in [9.17, 15) is 0 Å². The summed E-state index contributed by atoms with van der Waals surface area (Å²) in [6, 6.07) is 11.9. The van der Waals surface area contributed by atoms with Gasteiger partial charge in [0.15, 0.2) is 0 Å². The first-order chi connectivity index (χ1) is 8.31. The second kappa shape index (κ2) is 5.34. The summed E-state index contributed by atoms with van der Waals surface area (Å²) in [5.74, 6) is 1.78. The van der Waals surface area contributed by atoms with Crippen LogP contribution in [0.25, 0.3) is 0 Å². The van der Waals surface area contributed by atoms with Gasteiger partial charge in [-0.1, -0.05) is 24.3 Å². The molecule has 1 heterocycles. The van der Waals surface area contributed by atoms with Gasteiger partial charge in [-0.2, -0.15) is 0 Å². The lowest BCUT2D eigenvalue weighted by molar-refractivity contribution is 0.304. The third-order valence-electron chi connectivity index (χ3n) is 2.60. The molecule has 1 aromatic heterocycles. The smallest absolute Gasteiger partial charge is 0.132 e. The zero-order valence-electron chi connectivity index (χ0n) is 10.1. The van der Waals surface area contributed by atoms with Crippen molar-refractivity contribution >= 4 is 5.82 Å². The standard InChI is InChI=1S/C14H16N2O/c1-11-6-3-4-8-13(11)17-10-12-7-5-9-16-14(12)15-2/h3-9H,10H2,1-2H3,(H,15,16). The van der Waals surface area contributed by atoms with Gasteiger partial charge < -0.3 is 10.1 Å². The number of nitrogens with zero attached hydrogens (tertiary/aromatic N) is 1. The molecular formula is C14H16N2O. The molecule has 0 atom stereocenters. The van der Waals surface area contributed by atoms with Gasteiger partial charge in [0.25, 0.3) is 0 Å². The van der Waals surface area contributed by atoms with Gasteiger partial charge >= 0.3 is 0 Å². The molecule has 0 aliphatic carbocycles. The van der Waals surface area contributed by atoms with Crippen LogP contribution in [0.1, 0.15) is 11.1 Å². The van der Waals surface area contributed by atoms with E-state index in [0.29, 0.717) is 6.61 Å². The molecule has 17 heavy (non-hydrogen) atoms. The van der Waals surface area contributed by atoms with E-state index >= 15 is 0 Å². The summed E-state index contributed by atoms with van der Waals surface area (Å²) in [6.07, 6.45) is 1.77. The number of aryl methyl sites for hydroxylation is 1. The molecule has 88 valence electrons. The van der Waals surface area contributed by atoms with Gasteiger partial charge in [0.05, 0.1) is 0 Å². The average molecular weight is 228 g/mol. The summed E-state index contributed by atoms with van der Waals surface area (Å²) in [5, 5.41) is 3.06. The van der Waals surface area contributed by atoms with E-state index in [-0.39, 0.29) is 0 Å². The first kappa shape index (κ1) is 11.5. The lowest BCUT2D eigenvalue weighted by Crippen LogP contribution is -2.02. The largest absolute Gasteiger partial charge is 0.488 e. The zero-order chi connectivity index (χ0) is 12.1. The predicted octanol–water partition coefficient (Wildman–Crippen LogP) is 3.01. The van der Waals surface area contributed by atoms with Crippen LogP contribution in [0.4, 0.5) is 5.82 Å². The van der Waals surface area contributed by atoms with Gasteiger partial charge in [-0.25, -0.2) is 4.98 Å². The fourth-order valence-corrected chi connectivity index (χ4v) is 1.65. The summed E-state index contributed by atoms with van der Waals surface area (Å²) >= 11 is 0. The molecule has 0 saturated heterocycles. The van der Waals surface area contributed by atoms with Crippen molar-refractivity contribution in [2.45, 2.75) is 13.5 Å². The lowest BCUT2D eigenvalue weighted by Gasteiger charge is -2.11. The lowest BCUT2D eigenvalue weighted by atomic mass is 10.2. The Bertz CT molecular complexity index is 497. The highest BCUT2D eigenvalue weighted by atomic mass is 16.5. The SMILES string of the molecule is CNc1ncccc1COc1ccccc1C. The van der Waals surface area contributed by atoms with Gasteiger partial charge in [-0.05, 0) is 24.6 Å². The van der Waals surface area contributed by atoms with Gasteiger partial charge in [-0.3, -0.25) is 0 Å². The highest BCUT2D eigenvalue weighted by Gasteiger charge is 2.03. The minimum absolute atomic E-state index is 0.523. The summed E-state index contributed by atoms with van der Waals surface area (Å²) in [5.41, 5.74) is 2.20. The molecule has 0 amide bonds. The second-order valence-electron chi connectivity index (χ2n) is 3.82. The van der Waals surface area contributed by atoms with E-state index in [4.69, 9.17) is 4.74 Å². The first-order valence-electron chi connectivity index (χ1n) is 5.61. The Morgan fingerprint density at radius 3 is 2.76 bits per heavy atom. The number of anilines is 1. The van der Waals surface area contributed by atoms with Crippen molar-refractivity contribution < 1.29 is 4.74 Å². The predicted molar refractivity (Wildman–Crippen MR) is 69.3 cm³/mol. The number of benzene rings is 1. The molecule has 1 aromatic carbocycles. The molecule has 3 heteroatoms. The molecule has 2 rings (SSSR count). The number of nitrogens with one attached hydrogen (secondary N) is 1. The fourth-order valence-electron chi connectivity index (χ4n) is 1.65. The van der Waals surface area contributed by atoms with Crippen molar-refractivity contribution in [3.63, 3.8) is 0 Å². The van der Waals surface area contributed by atoms with E-state index in [1.807, 2.05) is 50.4 Å². The Hall–Kier alpha value is -2.03. The Morgan fingerprint density at radius 1 is 1.18 bits per heavy atom. The number of hydrogen-bond acceptors (Lipinski definition) is 3. The van der Waals surface area contributed by atoms with Gasteiger partial charge in [0.2, 0.25) is 0 Å². The number of pyridine rings is 1. The van der Waals surface area contributed by atoms with Crippen LogP contribution < -0.4 is 10.1 Å². The van der Waals surface area contributed by atoms with Gasteiger partial charge in [-0.15, -0.1) is 0 Å². The third kappa shape index (κ3) is 2.75. The van der Waals surface area contributed by atoms with Crippen LogP contribution in [0, 0.1) is 6.92 Å². The Morgan fingerprint density at radius 2 is 2.00 bits per heavy atom. The van der Waals surface area contributed by atoms with E-state index in [1.165, 1.54) is 0 Å². The monoisotopic (exact) mass is 228 g/mol. The molecule has 1 N–H and O–H groups in total. The normalized spacial score (nSPS) is 10.0. The van der Waals surface area contributed by atoms with Gasteiger partial charge in [0.1, 0.15) is 18.2 Å². The second-order valence-corrected chi connectivity index (χ2v) is 3.82. The minimum Gasteiger partial charge on any atom is -0.488 e. The van der Waals surface area contributed by atoms with Crippen molar-refractivity contribution in [1.29, 1.82) is 0 Å². The summed E-state index contributed by atoms with van der Waals surface area (Å²) in [4.78, 5) is 4.24. The van der Waals surface area contributed by atoms with Crippen LogP contribution in [-0.2, 0) is 6.61 Å². The maximum atomic E-state index is 5.79. The fraction of sp³-hybridized carbons (Fsp3) is 0.214. The summed E-state index contributed by atoms with van der Waals surface area (Å²) in [6.45, 7) is 2.56. The van der Waals surface area contributed by atoms with Crippen molar-refractivity contribution in [3.05, 3.63) is 53.7 Å². The molecule has 0 bridgehead atoms. The molecule has 0 radical (unpaired) electrons. The van der Waals surface area contributed by atoms with E-state index in [0.717, 1.165) is 22.7 Å². The zero-order valence-corrected chi connectivity index (χ0v) is 10.1.